The quantitative estimate of drug-likeness (QED) is 0.598. The first-order chi connectivity index (χ1) is 9.18. The number of hydrogen-bond acceptors (Lipinski definition) is 3. The van der Waals surface area contributed by atoms with Crippen molar-refractivity contribution in [3.8, 4) is 11.5 Å². The number of thiol groups is 1. The molecule has 3 rings (SSSR count). The van der Waals surface area contributed by atoms with Crippen molar-refractivity contribution >= 4 is 40.4 Å². The Morgan fingerprint density at radius 2 is 1.47 bits per heavy atom. The maximum Gasteiger partial charge on any atom is 0.138 e. The van der Waals surface area contributed by atoms with Gasteiger partial charge in [0.2, 0.25) is 0 Å². The standard InChI is InChI=1S/C15H10O2S2/c16-14-10-6-2-4-8-12(10)17-11-7-3-1-5-9(11)13(14)15(18)19/h1-8,16H,(H,18,19). The molecule has 2 nitrogen and oxygen atoms in total. The van der Waals surface area contributed by atoms with Gasteiger partial charge in [0.25, 0.3) is 0 Å². The number of rotatable bonds is 1. The highest BCUT2D eigenvalue weighted by molar-refractivity contribution is 8.12. The topological polar surface area (TPSA) is 29.5 Å². The molecule has 1 aliphatic heterocycles. The molecule has 0 unspecified atom stereocenters. The maximum atomic E-state index is 10.5. The van der Waals surface area contributed by atoms with Gasteiger partial charge < -0.3 is 9.84 Å². The fourth-order valence-electron chi connectivity index (χ4n) is 2.11. The summed E-state index contributed by atoms with van der Waals surface area (Å²) in [5, 5.41) is 10.5. The van der Waals surface area contributed by atoms with Crippen LogP contribution >= 0.6 is 24.8 Å². The lowest BCUT2D eigenvalue weighted by molar-refractivity contribution is 0.472. The number of para-hydroxylation sites is 2. The number of ether oxygens (including phenoxy) is 1. The summed E-state index contributed by atoms with van der Waals surface area (Å²) >= 11 is 9.37. The highest BCUT2D eigenvalue weighted by Gasteiger charge is 2.23. The van der Waals surface area contributed by atoms with Crippen molar-refractivity contribution < 1.29 is 9.84 Å². The molecular formula is C15H10O2S2. The highest BCUT2D eigenvalue weighted by atomic mass is 32.1. The fraction of sp³-hybridized carbons (Fsp3) is 0. The van der Waals surface area contributed by atoms with E-state index in [4.69, 9.17) is 17.0 Å². The second-order valence-corrected chi connectivity index (χ2v) is 5.28. The molecule has 0 saturated heterocycles. The third kappa shape index (κ3) is 2.03. The average molecular weight is 286 g/mol. The molecule has 0 amide bonds. The van der Waals surface area contributed by atoms with Gasteiger partial charge in [-0.25, -0.2) is 0 Å². The number of aliphatic hydroxyl groups is 1. The third-order valence-electron chi connectivity index (χ3n) is 2.97. The predicted molar refractivity (Wildman–Crippen MR) is 84.0 cm³/mol. The van der Waals surface area contributed by atoms with Crippen LogP contribution in [0.5, 0.6) is 11.5 Å². The van der Waals surface area contributed by atoms with Crippen molar-refractivity contribution in [3.05, 3.63) is 59.7 Å². The molecule has 1 N–H and O–H groups in total. The van der Waals surface area contributed by atoms with E-state index in [0.717, 1.165) is 5.56 Å². The van der Waals surface area contributed by atoms with Gasteiger partial charge >= 0.3 is 0 Å². The zero-order chi connectivity index (χ0) is 13.4. The molecule has 0 atom stereocenters. The van der Waals surface area contributed by atoms with Crippen LogP contribution in [0.4, 0.5) is 0 Å². The van der Waals surface area contributed by atoms with Crippen LogP contribution in [0.25, 0.3) is 11.3 Å². The molecule has 4 heteroatoms. The van der Waals surface area contributed by atoms with Crippen LogP contribution in [0, 0.1) is 0 Å². The SMILES string of the molecule is OC1=C(C(=S)S)c2ccccc2Oc2ccccc21. The molecule has 0 aliphatic carbocycles. The normalized spacial score (nSPS) is 13.1. The van der Waals surface area contributed by atoms with E-state index in [-0.39, 0.29) is 5.76 Å². The Morgan fingerprint density at radius 3 is 2.11 bits per heavy atom. The molecule has 0 spiro atoms. The molecule has 19 heavy (non-hydrogen) atoms. The van der Waals surface area contributed by atoms with E-state index in [1.165, 1.54) is 0 Å². The van der Waals surface area contributed by atoms with Crippen molar-refractivity contribution in [2.75, 3.05) is 0 Å². The van der Waals surface area contributed by atoms with Gasteiger partial charge in [-0.3, -0.25) is 0 Å². The van der Waals surface area contributed by atoms with E-state index >= 15 is 0 Å². The molecule has 0 fully saturated rings. The highest BCUT2D eigenvalue weighted by Crippen LogP contribution is 2.41. The first-order valence-corrected chi connectivity index (χ1v) is 6.57. The molecular weight excluding hydrogens is 276 g/mol. The Balaban J connectivity index is 2.38. The Hall–Kier alpha value is -1.78. The zero-order valence-electron chi connectivity index (χ0n) is 9.83. The molecule has 0 bridgehead atoms. The molecule has 0 radical (unpaired) electrons. The molecule has 0 aromatic heterocycles. The smallest absolute Gasteiger partial charge is 0.138 e. The van der Waals surface area contributed by atoms with Crippen LogP contribution in [0.3, 0.4) is 0 Å². The number of aliphatic hydroxyl groups excluding tert-OH is 1. The predicted octanol–water partition coefficient (Wildman–Crippen LogP) is 4.48. The summed E-state index contributed by atoms with van der Waals surface area (Å²) in [4.78, 5) is 0. The van der Waals surface area contributed by atoms with E-state index in [2.05, 4.69) is 12.6 Å². The Morgan fingerprint density at radius 1 is 0.947 bits per heavy atom. The second-order valence-electron chi connectivity index (χ2n) is 4.12. The van der Waals surface area contributed by atoms with Gasteiger partial charge in [0.15, 0.2) is 0 Å². The first kappa shape index (κ1) is 12.3. The average Bonchev–Trinajstić information content (AvgIpc) is 2.53. The molecule has 2 aromatic rings. The minimum Gasteiger partial charge on any atom is -0.506 e. The van der Waals surface area contributed by atoms with E-state index < -0.39 is 0 Å². The summed E-state index contributed by atoms with van der Waals surface area (Å²) in [7, 11) is 0. The summed E-state index contributed by atoms with van der Waals surface area (Å²) in [5.41, 5.74) is 1.89. The Labute approximate surface area is 121 Å². The van der Waals surface area contributed by atoms with Gasteiger partial charge in [-0.05, 0) is 18.2 Å². The number of benzene rings is 2. The summed E-state index contributed by atoms with van der Waals surface area (Å²) in [6.45, 7) is 0. The van der Waals surface area contributed by atoms with Crippen molar-refractivity contribution in [2.45, 2.75) is 0 Å². The largest absolute Gasteiger partial charge is 0.506 e. The van der Waals surface area contributed by atoms with Gasteiger partial charge in [0.1, 0.15) is 17.3 Å². The van der Waals surface area contributed by atoms with Gasteiger partial charge in [-0.15, -0.1) is 12.6 Å². The second kappa shape index (κ2) is 4.72. The summed E-state index contributed by atoms with van der Waals surface area (Å²) in [6.07, 6.45) is 0. The zero-order valence-corrected chi connectivity index (χ0v) is 11.5. The van der Waals surface area contributed by atoms with Gasteiger partial charge in [-0.1, -0.05) is 42.5 Å². The summed E-state index contributed by atoms with van der Waals surface area (Å²) < 4.78 is 6.20. The third-order valence-corrected chi connectivity index (χ3v) is 3.40. The van der Waals surface area contributed by atoms with Gasteiger partial charge in [0, 0.05) is 5.56 Å². The maximum absolute atomic E-state index is 10.5. The van der Waals surface area contributed by atoms with E-state index in [1.54, 1.807) is 6.07 Å². The van der Waals surface area contributed by atoms with Crippen LogP contribution in [-0.4, -0.2) is 9.30 Å². The van der Waals surface area contributed by atoms with Crippen molar-refractivity contribution in [1.82, 2.24) is 0 Å². The Kier molecular flexibility index (Phi) is 3.05. The van der Waals surface area contributed by atoms with Gasteiger partial charge in [-0.2, -0.15) is 0 Å². The lowest BCUT2D eigenvalue weighted by atomic mass is 10.0. The van der Waals surface area contributed by atoms with E-state index in [9.17, 15) is 5.11 Å². The lowest BCUT2D eigenvalue weighted by Gasteiger charge is -2.09. The van der Waals surface area contributed by atoms with Crippen LogP contribution in [0.15, 0.2) is 48.5 Å². The van der Waals surface area contributed by atoms with Crippen LogP contribution in [0.1, 0.15) is 11.1 Å². The van der Waals surface area contributed by atoms with Gasteiger partial charge in [0.05, 0.1) is 15.3 Å². The van der Waals surface area contributed by atoms with E-state index in [0.29, 0.717) is 26.8 Å². The summed E-state index contributed by atoms with van der Waals surface area (Å²) in [5.74, 6) is 1.36. The fourth-order valence-corrected chi connectivity index (χ4v) is 2.54. The van der Waals surface area contributed by atoms with Crippen LogP contribution < -0.4 is 4.74 Å². The van der Waals surface area contributed by atoms with Crippen molar-refractivity contribution in [2.24, 2.45) is 0 Å². The Bertz CT molecular complexity index is 705. The minimum absolute atomic E-state index is 0.0977. The van der Waals surface area contributed by atoms with Crippen LogP contribution in [0.2, 0.25) is 0 Å². The molecule has 94 valence electrons. The molecule has 1 heterocycles. The number of fused-ring (bicyclic) bond motifs is 2. The number of hydrogen-bond donors (Lipinski definition) is 2. The molecule has 0 saturated carbocycles. The number of thiocarbonyl (C=S) groups is 1. The summed E-state index contributed by atoms with van der Waals surface area (Å²) in [6, 6.07) is 14.8. The first-order valence-electron chi connectivity index (χ1n) is 5.71. The molecule has 1 aliphatic rings. The van der Waals surface area contributed by atoms with Crippen LogP contribution in [-0.2, 0) is 0 Å². The minimum atomic E-state index is 0.0977. The lowest BCUT2D eigenvalue weighted by Crippen LogP contribution is -1.95. The molecule has 2 aromatic carbocycles. The van der Waals surface area contributed by atoms with Crippen molar-refractivity contribution in [1.29, 1.82) is 0 Å². The monoisotopic (exact) mass is 286 g/mol. The van der Waals surface area contributed by atoms with E-state index in [1.807, 2.05) is 42.5 Å². The van der Waals surface area contributed by atoms with Crippen molar-refractivity contribution in [3.63, 3.8) is 0 Å².